The lowest BCUT2D eigenvalue weighted by Gasteiger charge is -2.26. The summed E-state index contributed by atoms with van der Waals surface area (Å²) < 4.78 is 32.4. The first-order chi connectivity index (χ1) is 17.5. The number of rotatable bonds is 7. The van der Waals surface area contributed by atoms with Crippen LogP contribution in [0.2, 0.25) is 0 Å². The SMILES string of the molecule is O=C(Nc1nc(-c2ccc(S(=O)(=O)N3CCOCC3)cc2)cs1)C(c1ccccc1)c1ccccc1. The fourth-order valence-corrected chi connectivity index (χ4v) is 6.29. The number of nitrogens with zero attached hydrogens (tertiary/aromatic N) is 2. The predicted molar refractivity (Wildman–Crippen MR) is 140 cm³/mol. The number of thiazole rings is 1. The molecule has 184 valence electrons. The van der Waals surface area contributed by atoms with Gasteiger partial charge in [0.25, 0.3) is 0 Å². The van der Waals surface area contributed by atoms with Gasteiger partial charge in [-0.2, -0.15) is 4.31 Å². The molecule has 5 rings (SSSR count). The van der Waals surface area contributed by atoms with Crippen molar-refractivity contribution in [2.45, 2.75) is 10.8 Å². The lowest BCUT2D eigenvalue weighted by molar-refractivity contribution is -0.116. The Morgan fingerprint density at radius 2 is 1.47 bits per heavy atom. The van der Waals surface area contributed by atoms with E-state index in [1.807, 2.05) is 66.0 Å². The number of amides is 1. The van der Waals surface area contributed by atoms with Crippen LogP contribution in [0.15, 0.2) is 95.2 Å². The van der Waals surface area contributed by atoms with Crippen LogP contribution in [0.1, 0.15) is 17.0 Å². The maximum absolute atomic E-state index is 13.3. The molecule has 0 atom stereocenters. The number of hydrogen-bond donors (Lipinski definition) is 1. The fourth-order valence-electron chi connectivity index (χ4n) is 4.16. The molecule has 0 radical (unpaired) electrons. The first-order valence-corrected chi connectivity index (χ1v) is 13.9. The van der Waals surface area contributed by atoms with Gasteiger partial charge in [-0.3, -0.25) is 4.79 Å². The molecule has 1 aliphatic rings. The average Bonchev–Trinajstić information content (AvgIpc) is 3.39. The Balaban J connectivity index is 1.33. The van der Waals surface area contributed by atoms with Gasteiger partial charge in [0.05, 0.1) is 29.7 Å². The third-order valence-electron chi connectivity index (χ3n) is 6.02. The van der Waals surface area contributed by atoms with Crippen LogP contribution in [0.3, 0.4) is 0 Å². The van der Waals surface area contributed by atoms with Gasteiger partial charge in [0.2, 0.25) is 15.9 Å². The highest BCUT2D eigenvalue weighted by atomic mass is 32.2. The average molecular weight is 520 g/mol. The number of anilines is 1. The summed E-state index contributed by atoms with van der Waals surface area (Å²) in [4.78, 5) is 18.2. The van der Waals surface area contributed by atoms with E-state index in [1.54, 1.807) is 24.3 Å². The van der Waals surface area contributed by atoms with E-state index in [1.165, 1.54) is 15.6 Å². The zero-order valence-electron chi connectivity index (χ0n) is 19.4. The molecule has 3 aromatic carbocycles. The van der Waals surface area contributed by atoms with Crippen molar-refractivity contribution in [3.8, 4) is 11.3 Å². The molecule has 2 heterocycles. The van der Waals surface area contributed by atoms with Crippen LogP contribution in [0.5, 0.6) is 0 Å². The zero-order chi connectivity index (χ0) is 25.0. The van der Waals surface area contributed by atoms with E-state index in [9.17, 15) is 13.2 Å². The number of ether oxygens (including phenoxy) is 1. The van der Waals surface area contributed by atoms with Crippen LogP contribution in [-0.2, 0) is 19.6 Å². The van der Waals surface area contributed by atoms with Gasteiger partial charge in [-0.05, 0) is 23.3 Å². The minimum absolute atomic E-state index is 0.166. The maximum atomic E-state index is 13.3. The second-order valence-corrected chi connectivity index (χ2v) is 11.1. The highest BCUT2D eigenvalue weighted by Crippen LogP contribution is 2.30. The summed E-state index contributed by atoms with van der Waals surface area (Å²) in [6.45, 7) is 1.51. The Morgan fingerprint density at radius 1 is 0.889 bits per heavy atom. The molecule has 0 bridgehead atoms. The van der Waals surface area contributed by atoms with Crippen molar-refractivity contribution < 1.29 is 17.9 Å². The molecule has 36 heavy (non-hydrogen) atoms. The minimum Gasteiger partial charge on any atom is -0.379 e. The minimum atomic E-state index is -3.56. The van der Waals surface area contributed by atoms with Crippen molar-refractivity contribution in [2.75, 3.05) is 31.6 Å². The quantitative estimate of drug-likeness (QED) is 0.386. The number of carbonyl (C=O) groups excluding carboxylic acids is 1. The Hall–Kier alpha value is -3.37. The van der Waals surface area contributed by atoms with Crippen molar-refractivity contribution in [3.05, 3.63) is 101 Å². The molecule has 4 aromatic rings. The summed E-state index contributed by atoms with van der Waals surface area (Å²) in [5, 5.41) is 5.29. The van der Waals surface area contributed by atoms with E-state index in [0.29, 0.717) is 37.1 Å². The third-order valence-corrected chi connectivity index (χ3v) is 8.69. The molecule has 7 nitrogen and oxygen atoms in total. The molecule has 1 saturated heterocycles. The number of carbonyl (C=O) groups is 1. The Morgan fingerprint density at radius 3 is 2.06 bits per heavy atom. The van der Waals surface area contributed by atoms with E-state index in [2.05, 4.69) is 10.3 Å². The molecule has 1 N–H and O–H groups in total. The van der Waals surface area contributed by atoms with Gasteiger partial charge in [0.1, 0.15) is 0 Å². The van der Waals surface area contributed by atoms with Crippen LogP contribution < -0.4 is 5.32 Å². The monoisotopic (exact) mass is 519 g/mol. The topological polar surface area (TPSA) is 88.6 Å². The Bertz CT molecular complexity index is 1380. The molecular weight excluding hydrogens is 494 g/mol. The van der Waals surface area contributed by atoms with Gasteiger partial charge in [0.15, 0.2) is 5.13 Å². The van der Waals surface area contributed by atoms with Gasteiger partial charge in [-0.25, -0.2) is 13.4 Å². The standard InChI is InChI=1S/C27H25N3O4S2/c31-26(25(21-7-3-1-4-8-21)22-9-5-2-6-10-22)29-27-28-24(19-35-27)20-11-13-23(14-12-20)36(32,33)30-15-17-34-18-16-30/h1-14,19,25H,15-18H2,(H,28,29,31). The molecule has 1 aliphatic heterocycles. The van der Waals surface area contributed by atoms with Gasteiger partial charge in [0, 0.05) is 24.0 Å². The van der Waals surface area contributed by atoms with Crippen molar-refractivity contribution in [2.24, 2.45) is 0 Å². The number of aromatic nitrogens is 1. The smallest absolute Gasteiger partial charge is 0.243 e. The number of benzene rings is 3. The summed E-state index contributed by atoms with van der Waals surface area (Å²) >= 11 is 1.33. The Labute approximate surface area is 214 Å². The molecule has 1 amide bonds. The molecule has 1 fully saturated rings. The normalized spacial score (nSPS) is 14.6. The molecule has 0 aliphatic carbocycles. The summed E-state index contributed by atoms with van der Waals surface area (Å²) in [7, 11) is -3.56. The lowest BCUT2D eigenvalue weighted by Crippen LogP contribution is -2.40. The highest BCUT2D eigenvalue weighted by Gasteiger charge is 2.26. The van der Waals surface area contributed by atoms with Gasteiger partial charge in [-0.1, -0.05) is 72.8 Å². The van der Waals surface area contributed by atoms with Crippen molar-refractivity contribution in [3.63, 3.8) is 0 Å². The highest BCUT2D eigenvalue weighted by molar-refractivity contribution is 7.89. The predicted octanol–water partition coefficient (Wildman–Crippen LogP) is 4.60. The van der Waals surface area contributed by atoms with Crippen LogP contribution in [0.25, 0.3) is 11.3 Å². The number of sulfonamides is 1. The van der Waals surface area contributed by atoms with Crippen LogP contribution in [-0.4, -0.2) is 49.9 Å². The molecule has 0 spiro atoms. The number of hydrogen-bond acceptors (Lipinski definition) is 6. The van der Waals surface area contributed by atoms with Crippen molar-refractivity contribution >= 4 is 32.4 Å². The summed E-state index contributed by atoms with van der Waals surface area (Å²) in [5.74, 6) is -0.635. The molecule has 9 heteroatoms. The molecule has 0 unspecified atom stereocenters. The second kappa shape index (κ2) is 10.7. The molecular formula is C27H25N3O4S2. The largest absolute Gasteiger partial charge is 0.379 e. The summed E-state index contributed by atoms with van der Waals surface area (Å²) in [6, 6.07) is 26.0. The van der Waals surface area contributed by atoms with Crippen LogP contribution in [0, 0.1) is 0 Å². The first-order valence-electron chi connectivity index (χ1n) is 11.6. The molecule has 1 aromatic heterocycles. The summed E-state index contributed by atoms with van der Waals surface area (Å²) in [6.07, 6.45) is 0. The van der Waals surface area contributed by atoms with E-state index >= 15 is 0 Å². The van der Waals surface area contributed by atoms with Gasteiger partial charge in [-0.15, -0.1) is 11.3 Å². The van der Waals surface area contributed by atoms with E-state index < -0.39 is 15.9 Å². The lowest BCUT2D eigenvalue weighted by atomic mass is 9.90. The maximum Gasteiger partial charge on any atom is 0.243 e. The third kappa shape index (κ3) is 5.24. The van der Waals surface area contributed by atoms with Gasteiger partial charge < -0.3 is 10.1 Å². The number of nitrogens with one attached hydrogen (secondary N) is 1. The van der Waals surface area contributed by atoms with Crippen molar-refractivity contribution in [1.82, 2.24) is 9.29 Å². The van der Waals surface area contributed by atoms with E-state index in [4.69, 9.17) is 4.74 Å². The van der Waals surface area contributed by atoms with Crippen LogP contribution >= 0.6 is 11.3 Å². The van der Waals surface area contributed by atoms with E-state index in [-0.39, 0.29) is 10.8 Å². The Kier molecular flexibility index (Phi) is 7.24. The van der Waals surface area contributed by atoms with Crippen molar-refractivity contribution in [1.29, 1.82) is 0 Å². The van der Waals surface area contributed by atoms with E-state index in [0.717, 1.165) is 16.7 Å². The van der Waals surface area contributed by atoms with Crippen LogP contribution in [0.4, 0.5) is 5.13 Å². The zero-order valence-corrected chi connectivity index (χ0v) is 21.0. The number of morpholine rings is 1. The first kappa shape index (κ1) is 24.3. The second-order valence-electron chi connectivity index (χ2n) is 8.32. The summed E-state index contributed by atoms with van der Waals surface area (Å²) in [5.41, 5.74) is 3.24. The van der Waals surface area contributed by atoms with Gasteiger partial charge >= 0.3 is 0 Å². The molecule has 0 saturated carbocycles. The fraction of sp³-hybridized carbons (Fsp3) is 0.185.